The standard InChI is InChI=1S/C33H34N2O4S2/c1-23(33(38)35(2)3)40-41-30(18-19-32(36)37)22-25-9-7-12-29(21-25)39-28-11-6-8-24(20-28)14-16-27-17-15-26-10-4-5-13-31(26)34-27/h4-17,20-21,23,30H,18-19,22H2,1-3H3,(H,36,37). The summed E-state index contributed by atoms with van der Waals surface area (Å²) in [7, 11) is 6.56. The molecule has 41 heavy (non-hydrogen) atoms. The van der Waals surface area contributed by atoms with Gasteiger partial charge in [-0.25, -0.2) is 4.98 Å². The second-order valence-electron chi connectivity index (χ2n) is 9.91. The van der Waals surface area contributed by atoms with Crippen LogP contribution in [0, 0.1) is 0 Å². The minimum atomic E-state index is -0.819. The monoisotopic (exact) mass is 586 g/mol. The summed E-state index contributed by atoms with van der Waals surface area (Å²) >= 11 is 0. The summed E-state index contributed by atoms with van der Waals surface area (Å²) in [6.45, 7) is 1.88. The molecule has 3 aromatic carbocycles. The van der Waals surface area contributed by atoms with Crippen molar-refractivity contribution < 1.29 is 19.4 Å². The van der Waals surface area contributed by atoms with Crippen LogP contribution in [-0.4, -0.2) is 51.5 Å². The van der Waals surface area contributed by atoms with Gasteiger partial charge in [-0.05, 0) is 73.4 Å². The summed E-state index contributed by atoms with van der Waals surface area (Å²) < 4.78 is 6.20. The van der Waals surface area contributed by atoms with Gasteiger partial charge in [-0.2, -0.15) is 0 Å². The molecule has 0 fully saturated rings. The molecular formula is C33H34N2O4S2. The molecule has 1 amide bonds. The number of ether oxygens (including phenoxy) is 1. The number of carbonyl (C=O) groups excluding carboxylic acids is 1. The topological polar surface area (TPSA) is 79.7 Å². The fraction of sp³-hybridized carbons (Fsp3) is 0.242. The molecule has 8 heteroatoms. The number of aromatic nitrogens is 1. The number of hydrogen-bond donors (Lipinski definition) is 1. The van der Waals surface area contributed by atoms with Crippen molar-refractivity contribution in [2.24, 2.45) is 0 Å². The third-order valence-corrected chi connectivity index (χ3v) is 9.62. The van der Waals surface area contributed by atoms with E-state index in [-0.39, 0.29) is 22.8 Å². The van der Waals surface area contributed by atoms with Crippen molar-refractivity contribution in [2.75, 3.05) is 14.1 Å². The molecule has 0 aliphatic heterocycles. The maximum absolute atomic E-state index is 12.3. The first-order valence-corrected chi connectivity index (χ1v) is 15.7. The van der Waals surface area contributed by atoms with Crippen LogP contribution in [-0.2, 0) is 16.0 Å². The third kappa shape index (κ3) is 9.40. The maximum Gasteiger partial charge on any atom is 0.303 e. The molecule has 0 saturated carbocycles. The number of amides is 1. The molecule has 2 unspecified atom stereocenters. The van der Waals surface area contributed by atoms with Gasteiger partial charge in [0.1, 0.15) is 11.5 Å². The number of carboxylic acids is 1. The summed E-state index contributed by atoms with van der Waals surface area (Å²) in [5.74, 6) is 0.658. The highest BCUT2D eigenvalue weighted by molar-refractivity contribution is 8.77. The number of carboxylic acid groups (broad SMARTS) is 1. The third-order valence-electron chi connectivity index (χ3n) is 6.33. The van der Waals surface area contributed by atoms with Crippen molar-refractivity contribution in [1.29, 1.82) is 0 Å². The summed E-state index contributed by atoms with van der Waals surface area (Å²) in [5, 5.41) is 10.2. The van der Waals surface area contributed by atoms with E-state index in [9.17, 15) is 14.7 Å². The summed E-state index contributed by atoms with van der Waals surface area (Å²) in [6.07, 6.45) is 5.28. The Morgan fingerprint density at radius 1 is 0.927 bits per heavy atom. The molecule has 1 N–H and O–H groups in total. The molecule has 1 heterocycles. The average Bonchev–Trinajstić information content (AvgIpc) is 2.97. The van der Waals surface area contributed by atoms with Crippen molar-refractivity contribution in [3.05, 3.63) is 102 Å². The number of fused-ring (bicyclic) bond motifs is 1. The number of carbonyl (C=O) groups is 2. The predicted octanol–water partition coefficient (Wildman–Crippen LogP) is 7.83. The van der Waals surface area contributed by atoms with Crippen molar-refractivity contribution in [2.45, 2.75) is 36.7 Å². The van der Waals surface area contributed by atoms with Gasteiger partial charge in [0.15, 0.2) is 0 Å². The Hall–Kier alpha value is -3.75. The van der Waals surface area contributed by atoms with Gasteiger partial charge in [-0.15, -0.1) is 0 Å². The predicted molar refractivity (Wildman–Crippen MR) is 171 cm³/mol. The highest BCUT2D eigenvalue weighted by Crippen LogP contribution is 2.36. The molecule has 0 aliphatic rings. The van der Waals surface area contributed by atoms with Gasteiger partial charge < -0.3 is 14.7 Å². The second kappa shape index (κ2) is 14.8. The Morgan fingerprint density at radius 2 is 1.68 bits per heavy atom. The average molecular weight is 587 g/mol. The van der Waals surface area contributed by atoms with Crippen molar-refractivity contribution in [3.63, 3.8) is 0 Å². The minimum Gasteiger partial charge on any atom is -0.481 e. The summed E-state index contributed by atoms with van der Waals surface area (Å²) in [6, 6.07) is 27.9. The molecule has 0 radical (unpaired) electrons. The van der Waals surface area contributed by atoms with E-state index in [1.54, 1.807) is 29.8 Å². The molecule has 0 saturated heterocycles. The van der Waals surface area contributed by atoms with E-state index in [0.29, 0.717) is 18.6 Å². The van der Waals surface area contributed by atoms with Gasteiger partial charge in [-0.3, -0.25) is 9.59 Å². The summed E-state index contributed by atoms with van der Waals surface area (Å²) in [5.41, 5.74) is 3.90. The van der Waals surface area contributed by atoms with Crippen LogP contribution >= 0.6 is 21.6 Å². The fourth-order valence-corrected chi connectivity index (χ4v) is 7.01. The lowest BCUT2D eigenvalue weighted by atomic mass is 10.1. The van der Waals surface area contributed by atoms with Gasteiger partial charge >= 0.3 is 5.97 Å². The zero-order chi connectivity index (χ0) is 29.2. The van der Waals surface area contributed by atoms with Crippen LogP contribution in [0.25, 0.3) is 23.1 Å². The largest absolute Gasteiger partial charge is 0.481 e. The van der Waals surface area contributed by atoms with Crippen LogP contribution in [0.5, 0.6) is 11.5 Å². The Kier molecular flexibility index (Phi) is 10.9. The second-order valence-corrected chi connectivity index (χ2v) is 12.8. The normalized spacial score (nSPS) is 12.8. The molecule has 1 aromatic heterocycles. The van der Waals surface area contributed by atoms with E-state index < -0.39 is 5.97 Å². The molecule has 6 nitrogen and oxygen atoms in total. The van der Waals surface area contributed by atoms with Crippen LogP contribution in [0.15, 0.2) is 84.9 Å². The van der Waals surface area contributed by atoms with Crippen LogP contribution in [0.4, 0.5) is 0 Å². The Balaban J connectivity index is 1.41. The Bertz CT molecular complexity index is 1520. The van der Waals surface area contributed by atoms with Crippen LogP contribution < -0.4 is 4.74 Å². The molecule has 0 bridgehead atoms. The number of nitrogens with zero attached hydrogens (tertiary/aromatic N) is 2. The Labute approximate surface area is 249 Å². The zero-order valence-corrected chi connectivity index (χ0v) is 25.0. The molecule has 0 aliphatic carbocycles. The van der Waals surface area contributed by atoms with Gasteiger partial charge in [0.25, 0.3) is 0 Å². The molecule has 0 spiro atoms. The van der Waals surface area contributed by atoms with Gasteiger partial charge in [0, 0.05) is 31.2 Å². The minimum absolute atomic E-state index is 0.0421. The maximum atomic E-state index is 12.3. The van der Waals surface area contributed by atoms with E-state index >= 15 is 0 Å². The summed E-state index contributed by atoms with van der Waals surface area (Å²) in [4.78, 5) is 29.8. The van der Waals surface area contributed by atoms with Gasteiger partial charge in [0.05, 0.1) is 16.5 Å². The quantitative estimate of drug-likeness (QED) is 0.160. The zero-order valence-electron chi connectivity index (χ0n) is 23.4. The van der Waals surface area contributed by atoms with Crippen molar-refractivity contribution in [1.82, 2.24) is 9.88 Å². The van der Waals surface area contributed by atoms with Crippen LogP contribution in [0.3, 0.4) is 0 Å². The molecule has 212 valence electrons. The van der Waals surface area contributed by atoms with Gasteiger partial charge in [0.2, 0.25) is 5.91 Å². The number of aliphatic carboxylic acids is 1. The lowest BCUT2D eigenvalue weighted by molar-refractivity contribution is -0.137. The highest BCUT2D eigenvalue weighted by Gasteiger charge is 2.20. The fourth-order valence-electron chi connectivity index (χ4n) is 4.21. The number of pyridine rings is 1. The number of rotatable bonds is 13. The molecular weight excluding hydrogens is 553 g/mol. The van der Waals surface area contributed by atoms with E-state index in [2.05, 4.69) is 12.1 Å². The van der Waals surface area contributed by atoms with Crippen LogP contribution in [0.1, 0.15) is 36.6 Å². The smallest absolute Gasteiger partial charge is 0.303 e. The van der Waals surface area contributed by atoms with E-state index in [0.717, 1.165) is 33.5 Å². The lowest BCUT2D eigenvalue weighted by Crippen LogP contribution is -2.29. The van der Waals surface area contributed by atoms with Crippen molar-refractivity contribution >= 4 is 56.5 Å². The number of para-hydroxylation sites is 1. The SMILES string of the molecule is CC(SSC(CCC(=O)O)Cc1cccc(Oc2cccc(C=Cc3ccc4ccccc4n3)c2)c1)C(=O)N(C)C. The lowest BCUT2D eigenvalue weighted by Gasteiger charge is -2.20. The van der Waals surface area contributed by atoms with E-state index in [1.807, 2.05) is 91.9 Å². The molecule has 4 aromatic rings. The first-order chi connectivity index (χ1) is 19.8. The molecule has 4 rings (SSSR count). The number of hydrogen-bond acceptors (Lipinski definition) is 6. The van der Waals surface area contributed by atoms with Crippen molar-refractivity contribution in [3.8, 4) is 11.5 Å². The highest BCUT2D eigenvalue weighted by atomic mass is 33.1. The molecule has 2 atom stereocenters. The number of benzene rings is 3. The van der Waals surface area contributed by atoms with E-state index in [1.165, 1.54) is 10.8 Å². The Morgan fingerprint density at radius 3 is 2.46 bits per heavy atom. The van der Waals surface area contributed by atoms with Crippen LogP contribution in [0.2, 0.25) is 0 Å². The van der Waals surface area contributed by atoms with Gasteiger partial charge in [-0.1, -0.05) is 76.2 Å². The first-order valence-electron chi connectivity index (χ1n) is 13.4. The first kappa shape index (κ1) is 30.2. The van der Waals surface area contributed by atoms with E-state index in [4.69, 9.17) is 9.72 Å².